The van der Waals surface area contributed by atoms with Crippen LogP contribution in [0.25, 0.3) is 0 Å². The summed E-state index contributed by atoms with van der Waals surface area (Å²) in [5, 5.41) is 10.9. The fourth-order valence-corrected chi connectivity index (χ4v) is 4.08. The lowest BCUT2D eigenvalue weighted by Crippen LogP contribution is -2.49. The summed E-state index contributed by atoms with van der Waals surface area (Å²) in [7, 11) is 0. The maximum Gasteiger partial charge on any atom is 0.262 e. The minimum atomic E-state index is -2.04. The molecule has 0 aromatic heterocycles. The summed E-state index contributed by atoms with van der Waals surface area (Å²) in [6, 6.07) is 3.83. The monoisotopic (exact) mass is 396 g/mol. The van der Waals surface area contributed by atoms with Crippen molar-refractivity contribution in [3.05, 3.63) is 34.6 Å². The number of carbonyl (C=O) groups is 3. The van der Waals surface area contributed by atoms with E-state index in [1.807, 2.05) is 0 Å². The van der Waals surface area contributed by atoms with Crippen molar-refractivity contribution < 1.29 is 23.9 Å². The van der Waals surface area contributed by atoms with Crippen LogP contribution in [0.3, 0.4) is 0 Å². The van der Waals surface area contributed by atoms with Gasteiger partial charge in [-0.1, -0.05) is 11.6 Å². The normalized spacial score (nSPS) is 25.3. The molecule has 2 heterocycles. The molecule has 146 valence electrons. The molecule has 1 aromatic carbocycles. The van der Waals surface area contributed by atoms with Gasteiger partial charge in [0.2, 0.25) is 11.5 Å². The van der Waals surface area contributed by atoms with Gasteiger partial charge in [0, 0.05) is 44.4 Å². The third-order valence-electron chi connectivity index (χ3n) is 5.40. The van der Waals surface area contributed by atoms with Gasteiger partial charge in [-0.3, -0.25) is 14.4 Å². The molecular formula is C19H22ClFN2O4. The van der Waals surface area contributed by atoms with Gasteiger partial charge in [0.05, 0.1) is 6.04 Å². The number of rotatable bonds is 5. The van der Waals surface area contributed by atoms with Gasteiger partial charge in [-0.2, -0.15) is 0 Å². The summed E-state index contributed by atoms with van der Waals surface area (Å²) in [5.41, 5.74) is -1.51. The molecular weight excluding hydrogens is 375 g/mol. The first-order valence-corrected chi connectivity index (χ1v) is 9.36. The van der Waals surface area contributed by atoms with Gasteiger partial charge < -0.3 is 14.9 Å². The highest BCUT2D eigenvalue weighted by Crippen LogP contribution is 2.30. The van der Waals surface area contributed by atoms with E-state index < -0.39 is 23.1 Å². The predicted octanol–water partition coefficient (Wildman–Crippen LogP) is 1.56. The van der Waals surface area contributed by atoms with Crippen LogP contribution in [0.15, 0.2) is 18.2 Å². The first kappa shape index (κ1) is 19.8. The Morgan fingerprint density at radius 2 is 2.07 bits per heavy atom. The number of amides is 2. The smallest absolute Gasteiger partial charge is 0.262 e. The second kappa shape index (κ2) is 7.56. The summed E-state index contributed by atoms with van der Waals surface area (Å²) in [6.07, 6.45) is 0.774. The lowest BCUT2D eigenvalue weighted by atomic mass is 9.92. The van der Waals surface area contributed by atoms with Crippen LogP contribution in [0.5, 0.6) is 0 Å². The fourth-order valence-electron chi connectivity index (χ4n) is 3.84. The standard InChI is InChI=1S/C19H22ClFN2O4/c1-12(24)22-6-4-16(11-22)23-7-5-19(27,18(23)26)17(25)3-2-13-8-14(20)10-15(21)9-13/h8-10,16,27H,2-7,11H2,1H3/t16-,19?/m1/s1. The molecule has 1 unspecified atom stereocenters. The first-order valence-electron chi connectivity index (χ1n) is 8.98. The SMILES string of the molecule is CC(=O)N1CC[C@@H](N2CCC(O)(C(=O)CCc3cc(F)cc(Cl)c3)C2=O)C1. The Bertz CT molecular complexity index is 767. The van der Waals surface area contributed by atoms with Gasteiger partial charge in [0.25, 0.3) is 5.91 Å². The number of halogens is 2. The summed E-state index contributed by atoms with van der Waals surface area (Å²) < 4.78 is 13.4. The topological polar surface area (TPSA) is 77.9 Å². The van der Waals surface area contributed by atoms with Gasteiger partial charge in [0.15, 0.2) is 5.78 Å². The van der Waals surface area contributed by atoms with Crippen molar-refractivity contribution in [2.75, 3.05) is 19.6 Å². The minimum absolute atomic E-state index is 0.0329. The molecule has 0 spiro atoms. The predicted molar refractivity (Wildman–Crippen MR) is 96.7 cm³/mol. The number of hydrogen-bond acceptors (Lipinski definition) is 4. The number of aliphatic hydroxyl groups is 1. The fraction of sp³-hybridized carbons (Fsp3) is 0.526. The third kappa shape index (κ3) is 3.99. The van der Waals surface area contributed by atoms with E-state index >= 15 is 0 Å². The van der Waals surface area contributed by atoms with Crippen LogP contribution in [-0.4, -0.2) is 63.8 Å². The largest absolute Gasteiger partial charge is 0.373 e. The van der Waals surface area contributed by atoms with Crippen molar-refractivity contribution in [3.63, 3.8) is 0 Å². The number of hydrogen-bond donors (Lipinski definition) is 1. The number of carbonyl (C=O) groups excluding carboxylic acids is 3. The highest BCUT2D eigenvalue weighted by atomic mass is 35.5. The number of ketones is 1. The molecule has 0 radical (unpaired) electrons. The van der Waals surface area contributed by atoms with E-state index in [4.69, 9.17) is 11.6 Å². The number of nitrogens with zero attached hydrogens (tertiary/aromatic N) is 2. The molecule has 6 nitrogen and oxygen atoms in total. The Balaban J connectivity index is 1.63. The molecule has 1 aromatic rings. The second-order valence-corrected chi connectivity index (χ2v) is 7.65. The number of benzene rings is 1. The third-order valence-corrected chi connectivity index (χ3v) is 5.62. The number of aryl methyl sites for hydroxylation is 1. The maximum atomic E-state index is 13.4. The molecule has 0 aliphatic carbocycles. The molecule has 2 aliphatic rings. The van der Waals surface area contributed by atoms with E-state index in [-0.39, 0.29) is 42.8 Å². The van der Waals surface area contributed by atoms with Crippen LogP contribution in [0.2, 0.25) is 5.02 Å². The van der Waals surface area contributed by atoms with E-state index in [1.165, 1.54) is 24.0 Å². The van der Waals surface area contributed by atoms with Crippen LogP contribution >= 0.6 is 11.6 Å². The Morgan fingerprint density at radius 1 is 1.33 bits per heavy atom. The quantitative estimate of drug-likeness (QED) is 0.766. The van der Waals surface area contributed by atoms with Crippen LogP contribution in [0.1, 0.15) is 31.7 Å². The Hall–Kier alpha value is -1.99. The van der Waals surface area contributed by atoms with E-state index in [2.05, 4.69) is 0 Å². The zero-order chi connectivity index (χ0) is 19.8. The van der Waals surface area contributed by atoms with Crippen molar-refractivity contribution in [2.24, 2.45) is 0 Å². The lowest BCUT2D eigenvalue weighted by Gasteiger charge is -2.26. The number of Topliss-reactive ketones (excluding diaryl/α,β-unsaturated/α-hetero) is 1. The molecule has 0 saturated carbocycles. The Morgan fingerprint density at radius 3 is 2.70 bits per heavy atom. The molecule has 27 heavy (non-hydrogen) atoms. The van der Waals surface area contributed by atoms with Crippen LogP contribution in [0.4, 0.5) is 4.39 Å². The van der Waals surface area contributed by atoms with Crippen LogP contribution in [0, 0.1) is 5.82 Å². The molecule has 2 aliphatic heterocycles. The zero-order valence-electron chi connectivity index (χ0n) is 15.1. The van der Waals surface area contributed by atoms with Crippen molar-refractivity contribution in [3.8, 4) is 0 Å². The van der Waals surface area contributed by atoms with E-state index in [9.17, 15) is 23.9 Å². The maximum absolute atomic E-state index is 13.4. The molecule has 2 saturated heterocycles. The number of likely N-dealkylation sites (tertiary alicyclic amines) is 2. The average Bonchev–Trinajstić information content (AvgIpc) is 3.18. The second-order valence-electron chi connectivity index (χ2n) is 7.22. The molecule has 1 N–H and O–H groups in total. The molecule has 2 atom stereocenters. The lowest BCUT2D eigenvalue weighted by molar-refractivity contribution is -0.154. The van der Waals surface area contributed by atoms with Gasteiger partial charge in [-0.25, -0.2) is 4.39 Å². The summed E-state index contributed by atoms with van der Waals surface area (Å²) in [5.74, 6) is -1.72. The summed E-state index contributed by atoms with van der Waals surface area (Å²) in [6.45, 7) is 2.75. The van der Waals surface area contributed by atoms with E-state index in [0.717, 1.165) is 0 Å². The molecule has 2 amide bonds. The van der Waals surface area contributed by atoms with Crippen LogP contribution < -0.4 is 0 Å². The Labute approximate surface area is 161 Å². The van der Waals surface area contributed by atoms with Crippen molar-refractivity contribution in [1.29, 1.82) is 0 Å². The average molecular weight is 397 g/mol. The van der Waals surface area contributed by atoms with E-state index in [0.29, 0.717) is 25.1 Å². The first-order chi connectivity index (χ1) is 12.7. The van der Waals surface area contributed by atoms with Gasteiger partial charge in [-0.15, -0.1) is 0 Å². The molecule has 2 fully saturated rings. The van der Waals surface area contributed by atoms with Gasteiger partial charge in [0.1, 0.15) is 5.82 Å². The zero-order valence-corrected chi connectivity index (χ0v) is 15.8. The molecule has 8 heteroatoms. The van der Waals surface area contributed by atoms with Crippen molar-refractivity contribution in [2.45, 2.75) is 44.2 Å². The molecule has 0 bridgehead atoms. The van der Waals surface area contributed by atoms with Gasteiger partial charge in [-0.05, 0) is 36.6 Å². The highest BCUT2D eigenvalue weighted by Gasteiger charge is 2.52. The molecule has 3 rings (SSSR count). The Kier molecular flexibility index (Phi) is 5.53. The van der Waals surface area contributed by atoms with Gasteiger partial charge >= 0.3 is 0 Å². The minimum Gasteiger partial charge on any atom is -0.373 e. The van der Waals surface area contributed by atoms with E-state index in [1.54, 1.807) is 11.0 Å². The van der Waals surface area contributed by atoms with Crippen molar-refractivity contribution >= 4 is 29.2 Å². The van der Waals surface area contributed by atoms with Crippen LogP contribution in [-0.2, 0) is 20.8 Å². The summed E-state index contributed by atoms with van der Waals surface area (Å²) in [4.78, 5) is 39.9. The highest BCUT2D eigenvalue weighted by molar-refractivity contribution is 6.30. The summed E-state index contributed by atoms with van der Waals surface area (Å²) >= 11 is 5.81. The van der Waals surface area contributed by atoms with Crippen molar-refractivity contribution in [1.82, 2.24) is 9.80 Å².